The Hall–Kier alpha value is -3.04. The first kappa shape index (κ1) is 21.8. The molecular formula is C30H33NO2. The van der Waals surface area contributed by atoms with Gasteiger partial charge in [-0.2, -0.15) is 0 Å². The predicted octanol–water partition coefficient (Wildman–Crippen LogP) is 6.84. The lowest BCUT2D eigenvalue weighted by Gasteiger charge is -2.31. The molecule has 3 aromatic rings. The minimum Gasteiger partial charge on any atom is -0.492 e. The summed E-state index contributed by atoms with van der Waals surface area (Å²) in [7, 11) is 0. The lowest BCUT2D eigenvalue weighted by Crippen LogP contribution is -2.25. The van der Waals surface area contributed by atoms with E-state index in [0.717, 1.165) is 30.2 Å². The van der Waals surface area contributed by atoms with E-state index in [0.29, 0.717) is 0 Å². The average molecular weight is 440 g/mol. The number of fused-ring (bicyclic) bond motifs is 1. The van der Waals surface area contributed by atoms with E-state index in [4.69, 9.17) is 9.47 Å². The number of hydrogen-bond donors (Lipinski definition) is 0. The molecule has 3 nitrogen and oxygen atoms in total. The maximum atomic E-state index is 6.65. The molecule has 0 bridgehead atoms. The third-order valence-corrected chi connectivity index (χ3v) is 6.87. The van der Waals surface area contributed by atoms with E-state index in [1.807, 2.05) is 0 Å². The van der Waals surface area contributed by atoms with Crippen molar-refractivity contribution in [2.45, 2.75) is 39.7 Å². The largest absolute Gasteiger partial charge is 0.492 e. The van der Waals surface area contributed by atoms with Crippen LogP contribution in [0.1, 0.15) is 53.7 Å². The Balaban J connectivity index is 1.42. The molecule has 3 aromatic carbocycles. The summed E-state index contributed by atoms with van der Waals surface area (Å²) in [6.07, 6.45) is 2.48. The summed E-state index contributed by atoms with van der Waals surface area (Å²) in [5.74, 6) is 1.88. The Bertz CT molecular complexity index is 1140. The summed E-state index contributed by atoms with van der Waals surface area (Å²) >= 11 is 0. The standard InChI is InChI=1S/C30H33NO2/c1-21-6-9-24(10-7-21)29-23(3)27-15-8-22(2)20-28(27)33-30(29)25-11-13-26(14-12-25)32-19-18-31-16-4-5-17-31/h6-15,20,30H,4-5,16-19H2,1-3H3. The Morgan fingerprint density at radius 3 is 2.27 bits per heavy atom. The van der Waals surface area contributed by atoms with Crippen LogP contribution in [0.5, 0.6) is 11.5 Å². The highest BCUT2D eigenvalue weighted by Crippen LogP contribution is 2.46. The Morgan fingerprint density at radius 1 is 0.848 bits per heavy atom. The topological polar surface area (TPSA) is 21.7 Å². The highest BCUT2D eigenvalue weighted by atomic mass is 16.5. The van der Waals surface area contributed by atoms with Gasteiger partial charge in [0.15, 0.2) is 0 Å². The monoisotopic (exact) mass is 439 g/mol. The highest BCUT2D eigenvalue weighted by Gasteiger charge is 2.29. The smallest absolute Gasteiger partial charge is 0.150 e. The molecule has 0 aliphatic carbocycles. The number of benzene rings is 3. The van der Waals surface area contributed by atoms with Gasteiger partial charge in [0, 0.05) is 17.7 Å². The van der Waals surface area contributed by atoms with Crippen molar-refractivity contribution >= 4 is 11.1 Å². The molecule has 0 amide bonds. The summed E-state index contributed by atoms with van der Waals surface area (Å²) in [6.45, 7) is 10.6. The number of likely N-dealkylation sites (tertiary alicyclic amines) is 1. The van der Waals surface area contributed by atoms with Crippen LogP contribution in [0.25, 0.3) is 11.1 Å². The molecular weight excluding hydrogens is 406 g/mol. The van der Waals surface area contributed by atoms with Gasteiger partial charge in [-0.3, -0.25) is 4.90 Å². The van der Waals surface area contributed by atoms with E-state index in [1.165, 1.54) is 59.3 Å². The third-order valence-electron chi connectivity index (χ3n) is 6.87. The molecule has 1 fully saturated rings. The van der Waals surface area contributed by atoms with E-state index in [-0.39, 0.29) is 6.10 Å². The van der Waals surface area contributed by atoms with Gasteiger partial charge in [-0.1, -0.05) is 54.1 Å². The maximum Gasteiger partial charge on any atom is 0.150 e. The number of rotatable bonds is 6. The van der Waals surface area contributed by atoms with E-state index in [1.54, 1.807) is 0 Å². The van der Waals surface area contributed by atoms with Crippen molar-refractivity contribution in [3.05, 3.63) is 94.5 Å². The number of nitrogens with zero attached hydrogens (tertiary/aromatic N) is 1. The van der Waals surface area contributed by atoms with Crippen LogP contribution in [0.4, 0.5) is 0 Å². The van der Waals surface area contributed by atoms with Gasteiger partial charge in [0.2, 0.25) is 0 Å². The number of allylic oxidation sites excluding steroid dienone is 1. The second-order valence-corrected chi connectivity index (χ2v) is 9.37. The summed E-state index contributed by atoms with van der Waals surface area (Å²) in [5.41, 5.74) is 8.50. The summed E-state index contributed by atoms with van der Waals surface area (Å²) in [4.78, 5) is 2.48. The molecule has 2 aliphatic rings. The molecule has 1 unspecified atom stereocenters. The minimum atomic E-state index is -0.152. The molecule has 0 spiro atoms. The van der Waals surface area contributed by atoms with Gasteiger partial charge in [0.05, 0.1) is 0 Å². The summed E-state index contributed by atoms with van der Waals surface area (Å²) in [5, 5.41) is 0. The van der Waals surface area contributed by atoms with Crippen LogP contribution >= 0.6 is 0 Å². The zero-order chi connectivity index (χ0) is 22.8. The van der Waals surface area contributed by atoms with Crippen LogP contribution in [0.3, 0.4) is 0 Å². The Morgan fingerprint density at radius 2 is 1.55 bits per heavy atom. The fourth-order valence-electron chi connectivity index (χ4n) is 4.94. The summed E-state index contributed by atoms with van der Waals surface area (Å²) < 4.78 is 12.7. The van der Waals surface area contributed by atoms with E-state index in [9.17, 15) is 0 Å². The van der Waals surface area contributed by atoms with Crippen molar-refractivity contribution in [1.82, 2.24) is 4.90 Å². The minimum absolute atomic E-state index is 0.152. The van der Waals surface area contributed by atoms with E-state index in [2.05, 4.69) is 92.4 Å². The second kappa shape index (κ2) is 9.44. The molecule has 33 heavy (non-hydrogen) atoms. The van der Waals surface area contributed by atoms with Gasteiger partial charge in [-0.25, -0.2) is 0 Å². The van der Waals surface area contributed by atoms with Gasteiger partial charge in [0.1, 0.15) is 24.2 Å². The molecule has 2 aliphatic heterocycles. The SMILES string of the molecule is CC1=C(c2ccc(C)cc2)C(c2ccc(OCCN3CCCC3)cc2)Oc2cc(C)ccc21. The molecule has 0 radical (unpaired) electrons. The van der Waals surface area contributed by atoms with Crippen molar-refractivity contribution in [2.75, 3.05) is 26.2 Å². The lowest BCUT2D eigenvalue weighted by molar-refractivity contribution is 0.237. The van der Waals surface area contributed by atoms with Crippen LogP contribution in [0.15, 0.2) is 66.7 Å². The first-order valence-electron chi connectivity index (χ1n) is 12.1. The Kier molecular flexibility index (Phi) is 6.24. The zero-order valence-corrected chi connectivity index (χ0v) is 19.9. The van der Waals surface area contributed by atoms with Crippen molar-refractivity contribution in [1.29, 1.82) is 0 Å². The second-order valence-electron chi connectivity index (χ2n) is 9.37. The maximum absolute atomic E-state index is 6.65. The van der Waals surface area contributed by atoms with Crippen LogP contribution < -0.4 is 9.47 Å². The molecule has 0 N–H and O–H groups in total. The zero-order valence-electron chi connectivity index (χ0n) is 19.9. The van der Waals surface area contributed by atoms with Gasteiger partial charge < -0.3 is 9.47 Å². The van der Waals surface area contributed by atoms with Crippen LogP contribution in [-0.2, 0) is 0 Å². The van der Waals surface area contributed by atoms with Gasteiger partial charge >= 0.3 is 0 Å². The average Bonchev–Trinajstić information content (AvgIpc) is 3.34. The molecule has 1 saturated heterocycles. The lowest BCUT2D eigenvalue weighted by atomic mass is 9.85. The van der Waals surface area contributed by atoms with E-state index >= 15 is 0 Å². The number of ether oxygens (including phenoxy) is 2. The summed E-state index contributed by atoms with van der Waals surface area (Å²) in [6, 6.07) is 23.7. The molecule has 0 saturated carbocycles. The highest BCUT2D eigenvalue weighted by molar-refractivity contribution is 5.95. The van der Waals surface area contributed by atoms with Crippen molar-refractivity contribution < 1.29 is 9.47 Å². The number of hydrogen-bond acceptors (Lipinski definition) is 3. The van der Waals surface area contributed by atoms with E-state index < -0.39 is 0 Å². The van der Waals surface area contributed by atoms with Crippen molar-refractivity contribution in [2.24, 2.45) is 0 Å². The fraction of sp³-hybridized carbons (Fsp3) is 0.333. The molecule has 170 valence electrons. The molecule has 3 heteroatoms. The first-order valence-corrected chi connectivity index (χ1v) is 12.1. The van der Waals surface area contributed by atoms with Gasteiger partial charge in [-0.15, -0.1) is 0 Å². The van der Waals surface area contributed by atoms with Gasteiger partial charge in [-0.05, 0) is 87.2 Å². The van der Waals surface area contributed by atoms with Crippen molar-refractivity contribution in [3.8, 4) is 11.5 Å². The first-order chi connectivity index (χ1) is 16.1. The van der Waals surface area contributed by atoms with Crippen LogP contribution in [0.2, 0.25) is 0 Å². The fourth-order valence-corrected chi connectivity index (χ4v) is 4.94. The van der Waals surface area contributed by atoms with Crippen LogP contribution in [0, 0.1) is 13.8 Å². The molecule has 0 aromatic heterocycles. The molecule has 5 rings (SSSR count). The van der Waals surface area contributed by atoms with Crippen LogP contribution in [-0.4, -0.2) is 31.1 Å². The van der Waals surface area contributed by atoms with Gasteiger partial charge in [0.25, 0.3) is 0 Å². The molecule has 2 heterocycles. The van der Waals surface area contributed by atoms with Crippen molar-refractivity contribution in [3.63, 3.8) is 0 Å². The Labute approximate surface area is 197 Å². The predicted molar refractivity (Wildman–Crippen MR) is 136 cm³/mol. The normalized spacial score (nSPS) is 18.2. The quantitative estimate of drug-likeness (QED) is 0.420. The molecule has 1 atom stereocenters. The number of aryl methyl sites for hydroxylation is 2. The third kappa shape index (κ3) is 4.69.